The number of H-pyrrole nitrogens is 1. The average Bonchev–Trinajstić information content (AvgIpc) is 3.00. The Bertz CT molecular complexity index is 2510. The molecule has 3 aliphatic rings. The Hall–Kier alpha value is -6.19. The fraction of sp³-hybridized carbons (Fsp3) is 0.182. The van der Waals surface area contributed by atoms with Gasteiger partial charge in [-0.25, -0.2) is 19.5 Å². The first kappa shape index (κ1) is 30.5. The molecule has 0 spiro atoms. The van der Waals surface area contributed by atoms with Gasteiger partial charge in [0.1, 0.15) is 0 Å². The minimum Gasteiger partial charge on any atom is -0.480 e. The molecule has 48 heavy (non-hydrogen) atoms. The summed E-state index contributed by atoms with van der Waals surface area (Å²) >= 11 is 0. The molecule has 0 atom stereocenters. The van der Waals surface area contributed by atoms with E-state index in [1.54, 1.807) is 88.5 Å². The highest BCUT2D eigenvalue weighted by Gasteiger charge is 2.32. The van der Waals surface area contributed by atoms with Gasteiger partial charge in [-0.15, -0.1) is 0 Å². The molecule has 15 heteroatoms. The topological polar surface area (TPSA) is 201 Å². The second-order valence-corrected chi connectivity index (χ2v) is 12.1. The van der Waals surface area contributed by atoms with Crippen molar-refractivity contribution in [1.29, 1.82) is 0 Å². The third-order valence-electron chi connectivity index (χ3n) is 8.32. The molecule has 2 aromatic heterocycles. The van der Waals surface area contributed by atoms with Crippen LogP contribution in [0.2, 0.25) is 0 Å². The zero-order valence-corrected chi connectivity index (χ0v) is 26.8. The molecular formula is C33H31N9O6. The first-order valence-corrected chi connectivity index (χ1v) is 14.8. The summed E-state index contributed by atoms with van der Waals surface area (Å²) in [6, 6.07) is 10.2. The summed E-state index contributed by atoms with van der Waals surface area (Å²) in [5.74, 6) is -3.59. The van der Waals surface area contributed by atoms with Crippen molar-refractivity contribution in [3.05, 3.63) is 74.7 Å². The lowest BCUT2D eigenvalue weighted by atomic mass is 9.92. The van der Waals surface area contributed by atoms with Crippen LogP contribution in [0.5, 0.6) is 0 Å². The number of aromatic amines is 1. The number of aryl methyl sites for hydroxylation is 2. The van der Waals surface area contributed by atoms with E-state index in [4.69, 9.17) is 0 Å². The number of hydrazine groups is 2. The second kappa shape index (κ2) is 10.7. The molecule has 0 aliphatic carbocycles. The Morgan fingerprint density at radius 3 is 2.08 bits per heavy atom. The van der Waals surface area contributed by atoms with E-state index in [1.165, 1.54) is 0 Å². The number of anilines is 2. The lowest BCUT2D eigenvalue weighted by Crippen LogP contribution is -2.41. The number of pyridine rings is 3. The Morgan fingerprint density at radius 2 is 1.44 bits per heavy atom. The number of aromatic carboxylic acids is 1. The van der Waals surface area contributed by atoms with E-state index in [1.807, 2.05) is 0 Å². The van der Waals surface area contributed by atoms with Crippen LogP contribution in [0.25, 0.3) is 60.9 Å². The molecule has 0 saturated heterocycles. The number of amides is 1. The molecule has 0 radical (unpaired) electrons. The standard InChI is InChI=1S/C33H31N9O6/c1-13-21-25(37-40(3)4)17-11-15(7-9-19(17)34-13)23-27(36-30(21)43)24-16-8-10-20-18(12-16)26(38-41(5)6)22(14(2)35-20)31(44)39-42(28(23)32(45)46)29(24)33(47)48/h7-12,47-48H,1-6H3,(H,34,37)(H,35,38)(H,36,43)(H,39,44)(H,45,46). The number of aromatic nitrogens is 4. The van der Waals surface area contributed by atoms with Crippen LogP contribution in [0.1, 0.15) is 32.2 Å². The molecule has 0 saturated carbocycles. The highest BCUT2D eigenvalue weighted by Crippen LogP contribution is 2.40. The molecule has 0 unspecified atom stereocenters. The molecule has 4 aromatic rings. The monoisotopic (exact) mass is 649 g/mol. The number of carbonyl (C=O) groups is 2. The molecule has 1 amide bonds. The quantitative estimate of drug-likeness (QED) is 0.134. The molecule has 7 rings (SSSR count). The van der Waals surface area contributed by atoms with Crippen LogP contribution < -0.4 is 27.2 Å². The van der Waals surface area contributed by atoms with Gasteiger partial charge in [-0.2, -0.15) is 0 Å². The van der Waals surface area contributed by atoms with Crippen LogP contribution in [-0.2, 0) is 0 Å². The number of aliphatic hydroxyl groups is 2. The van der Waals surface area contributed by atoms with Crippen LogP contribution in [0.15, 0.2) is 41.2 Å². The summed E-state index contributed by atoms with van der Waals surface area (Å²) in [6.45, 7) is 3.34. The molecule has 15 nitrogen and oxygen atoms in total. The van der Waals surface area contributed by atoms with Crippen molar-refractivity contribution in [1.82, 2.24) is 29.6 Å². The molecular weight excluding hydrogens is 618 g/mol. The Morgan fingerprint density at radius 1 is 0.812 bits per heavy atom. The minimum atomic E-state index is -1.52. The van der Waals surface area contributed by atoms with Crippen LogP contribution in [0.3, 0.4) is 0 Å². The zero-order valence-electron chi connectivity index (χ0n) is 26.8. The van der Waals surface area contributed by atoms with Crippen molar-refractivity contribution in [3.63, 3.8) is 0 Å². The summed E-state index contributed by atoms with van der Waals surface area (Å²) in [5, 5.41) is 37.1. The highest BCUT2D eigenvalue weighted by molar-refractivity contribution is 6.14. The predicted molar refractivity (Wildman–Crippen MR) is 183 cm³/mol. The average molecular weight is 650 g/mol. The van der Waals surface area contributed by atoms with Crippen LogP contribution >= 0.6 is 0 Å². The Kier molecular flexibility index (Phi) is 6.78. The number of rotatable bonds is 5. The van der Waals surface area contributed by atoms with Crippen molar-refractivity contribution >= 4 is 61.8 Å². The van der Waals surface area contributed by atoms with Gasteiger partial charge < -0.3 is 31.2 Å². The SMILES string of the molecule is Cc1nc2ccc3cc2c(NN(C)C)c1C(=O)Nn1c(C(=O)O)c2c4ccc5nc(C)c(c(NN(C)C)c5c4)c(=O)[nH]c-2c-3c1=C(O)O. The van der Waals surface area contributed by atoms with Gasteiger partial charge in [0.15, 0.2) is 11.0 Å². The number of carboxylic acid groups (broad SMARTS) is 1. The van der Waals surface area contributed by atoms with E-state index < -0.39 is 34.4 Å². The summed E-state index contributed by atoms with van der Waals surface area (Å²) < 4.78 is 0.835. The maximum atomic E-state index is 14.4. The van der Waals surface area contributed by atoms with Crippen LogP contribution in [0, 0.1) is 13.8 Å². The number of fused-ring (bicyclic) bond motifs is 10. The molecule has 8 bridgehead atoms. The van der Waals surface area contributed by atoms with Crippen molar-refractivity contribution in [2.24, 2.45) is 0 Å². The molecule has 3 aliphatic heterocycles. The van der Waals surface area contributed by atoms with E-state index in [-0.39, 0.29) is 27.8 Å². The van der Waals surface area contributed by atoms with Crippen LogP contribution in [-0.4, -0.2) is 85.0 Å². The molecule has 0 fully saturated rings. The fourth-order valence-electron chi connectivity index (χ4n) is 6.56. The molecule has 7 N–H and O–H groups in total. The van der Waals surface area contributed by atoms with E-state index in [9.17, 15) is 29.7 Å². The Labute approximate surface area is 271 Å². The maximum absolute atomic E-state index is 14.4. The van der Waals surface area contributed by atoms with Gasteiger partial charge in [-0.3, -0.25) is 25.0 Å². The maximum Gasteiger partial charge on any atom is 0.355 e. The minimum absolute atomic E-state index is 0.0137. The lowest BCUT2D eigenvalue weighted by Gasteiger charge is -2.26. The highest BCUT2D eigenvalue weighted by atomic mass is 16.5. The predicted octanol–water partition coefficient (Wildman–Crippen LogP) is 3.45. The number of carbonyl (C=O) groups excluding carboxylic acids is 1. The fourth-order valence-corrected chi connectivity index (χ4v) is 6.56. The molecule has 244 valence electrons. The molecule has 2 aromatic carbocycles. The number of hydrogen-bond donors (Lipinski definition) is 7. The number of carboxylic acids is 1. The van der Waals surface area contributed by atoms with Crippen molar-refractivity contribution in [3.8, 4) is 22.4 Å². The van der Waals surface area contributed by atoms with Crippen molar-refractivity contribution in [2.45, 2.75) is 13.8 Å². The summed E-state index contributed by atoms with van der Waals surface area (Å²) in [7, 11) is 7.03. The van der Waals surface area contributed by atoms with Crippen LogP contribution in [0.4, 0.5) is 11.4 Å². The number of nitrogens with zero attached hydrogens (tertiary/aromatic N) is 5. The largest absolute Gasteiger partial charge is 0.480 e. The summed E-state index contributed by atoms with van der Waals surface area (Å²) in [4.78, 5) is 54.1. The third-order valence-corrected chi connectivity index (χ3v) is 8.32. The van der Waals surface area contributed by atoms with Gasteiger partial charge in [-0.1, -0.05) is 12.1 Å². The normalized spacial score (nSPS) is 12.5. The summed E-state index contributed by atoms with van der Waals surface area (Å²) in [6.07, 6.45) is 0. The number of nitrogens with one attached hydrogen (secondary N) is 4. The zero-order chi connectivity index (χ0) is 34.3. The smallest absolute Gasteiger partial charge is 0.355 e. The van der Waals surface area contributed by atoms with Gasteiger partial charge in [0.2, 0.25) is 0 Å². The number of benzene rings is 2. The first-order valence-electron chi connectivity index (χ1n) is 14.8. The van der Waals surface area contributed by atoms with Crippen molar-refractivity contribution < 1.29 is 24.9 Å². The Balaban J connectivity index is 1.82. The van der Waals surface area contributed by atoms with Crippen molar-refractivity contribution in [2.75, 3.05) is 44.5 Å². The van der Waals surface area contributed by atoms with Gasteiger partial charge in [-0.05, 0) is 49.1 Å². The summed E-state index contributed by atoms with van der Waals surface area (Å²) in [5.41, 5.74) is 11.0. The van der Waals surface area contributed by atoms with Gasteiger partial charge in [0.05, 0.1) is 50.4 Å². The lowest BCUT2D eigenvalue weighted by molar-refractivity contribution is 0.0686. The third kappa shape index (κ3) is 4.47. The number of hydrogen-bond acceptors (Lipinski definition) is 11. The molecule has 5 heterocycles. The van der Waals surface area contributed by atoms with E-state index in [0.29, 0.717) is 55.5 Å². The van der Waals surface area contributed by atoms with E-state index >= 15 is 0 Å². The number of aliphatic hydroxyl groups excluding tert-OH is 1. The first-order chi connectivity index (χ1) is 22.8. The van der Waals surface area contributed by atoms with E-state index in [0.717, 1.165) is 4.68 Å². The second-order valence-electron chi connectivity index (χ2n) is 12.1. The van der Waals surface area contributed by atoms with E-state index in [2.05, 4.69) is 31.2 Å². The van der Waals surface area contributed by atoms with Gasteiger partial charge in [0, 0.05) is 50.1 Å². The van der Waals surface area contributed by atoms with Gasteiger partial charge >= 0.3 is 11.9 Å². The van der Waals surface area contributed by atoms with Gasteiger partial charge in [0.25, 0.3) is 11.5 Å².